The summed E-state index contributed by atoms with van der Waals surface area (Å²) in [6, 6.07) is 24.9. The smallest absolute Gasteiger partial charge is 0.354 e. The second kappa shape index (κ2) is 12.5. The minimum Gasteiger partial charge on any atom is -0.490 e. The molecule has 0 fully saturated rings. The maximum Gasteiger partial charge on any atom is 0.354 e. The number of hydrogen-bond donors (Lipinski definition) is 1. The number of carboxylic acid groups (broad SMARTS) is 1. The van der Waals surface area contributed by atoms with Crippen molar-refractivity contribution in [3.05, 3.63) is 102 Å². The van der Waals surface area contributed by atoms with Crippen LogP contribution in [0.5, 0.6) is 11.5 Å². The van der Waals surface area contributed by atoms with Crippen LogP contribution in [0.4, 0.5) is 0 Å². The number of thiazole rings is 1. The first-order chi connectivity index (χ1) is 18.1. The summed E-state index contributed by atoms with van der Waals surface area (Å²) < 4.78 is 13.3. The lowest BCUT2D eigenvalue weighted by Crippen LogP contribution is -2.00. The number of ether oxygens (including phenoxy) is 2. The zero-order valence-electron chi connectivity index (χ0n) is 20.6. The summed E-state index contributed by atoms with van der Waals surface area (Å²) in [6.45, 7) is 4.95. The summed E-state index contributed by atoms with van der Waals surface area (Å²) in [7, 11) is 0. The van der Waals surface area contributed by atoms with Gasteiger partial charge in [-0.25, -0.2) is 14.8 Å². The Morgan fingerprint density at radius 2 is 1.57 bits per heavy atom. The lowest BCUT2D eigenvalue weighted by molar-refractivity contribution is 0.0690. The van der Waals surface area contributed by atoms with E-state index in [9.17, 15) is 4.79 Å². The molecule has 3 aromatic heterocycles. The monoisotopic (exact) mass is 513 g/mol. The number of para-hydroxylation sites is 1. The molecule has 0 bridgehead atoms. The molecule has 5 aromatic rings. The predicted octanol–water partition coefficient (Wildman–Crippen LogP) is 6.85. The number of nitrogens with zero attached hydrogens (tertiary/aromatic N) is 3. The lowest BCUT2D eigenvalue weighted by atomic mass is 10.2. The van der Waals surface area contributed by atoms with Crippen LogP contribution in [-0.4, -0.2) is 38.8 Å². The molecule has 7 nitrogen and oxygen atoms in total. The Labute approximate surface area is 219 Å². The van der Waals surface area contributed by atoms with E-state index in [0.29, 0.717) is 36.1 Å². The third-order valence-electron chi connectivity index (χ3n) is 5.18. The van der Waals surface area contributed by atoms with Crippen LogP contribution in [0.3, 0.4) is 0 Å². The molecule has 2 aromatic carbocycles. The first kappa shape index (κ1) is 25.7. The quantitative estimate of drug-likeness (QED) is 0.244. The van der Waals surface area contributed by atoms with Crippen LogP contribution in [0.2, 0.25) is 0 Å². The van der Waals surface area contributed by atoms with Crippen molar-refractivity contribution < 1.29 is 19.4 Å². The molecule has 5 rings (SSSR count). The van der Waals surface area contributed by atoms with Gasteiger partial charge in [0, 0.05) is 29.0 Å². The highest BCUT2D eigenvalue weighted by Gasteiger charge is 2.13. The number of aromatic nitrogens is 3. The Morgan fingerprint density at radius 3 is 2.27 bits per heavy atom. The maximum absolute atomic E-state index is 11.1. The van der Waals surface area contributed by atoms with Gasteiger partial charge >= 0.3 is 5.97 Å². The largest absolute Gasteiger partial charge is 0.490 e. The van der Waals surface area contributed by atoms with Gasteiger partial charge in [-0.15, -0.1) is 11.3 Å². The molecule has 37 heavy (non-hydrogen) atoms. The van der Waals surface area contributed by atoms with Crippen LogP contribution in [0.25, 0.3) is 27.6 Å². The molecule has 0 saturated heterocycles. The summed E-state index contributed by atoms with van der Waals surface area (Å²) in [6.07, 6.45) is 4.07. The molecule has 0 radical (unpaired) electrons. The van der Waals surface area contributed by atoms with Gasteiger partial charge in [0.05, 0.1) is 18.9 Å². The normalized spacial score (nSPS) is 10.3. The van der Waals surface area contributed by atoms with Gasteiger partial charge in [-0.2, -0.15) is 0 Å². The molecule has 0 aliphatic rings. The average molecular weight is 514 g/mol. The molecule has 0 unspecified atom stereocenters. The summed E-state index contributed by atoms with van der Waals surface area (Å²) in [5, 5.41) is 11.7. The van der Waals surface area contributed by atoms with E-state index in [1.54, 1.807) is 12.1 Å². The van der Waals surface area contributed by atoms with Crippen LogP contribution >= 0.6 is 11.3 Å². The number of carboxylic acids is 1. The zero-order valence-corrected chi connectivity index (χ0v) is 21.4. The molecule has 8 heteroatoms. The molecule has 0 aliphatic carbocycles. The van der Waals surface area contributed by atoms with Gasteiger partial charge < -0.3 is 19.1 Å². The predicted molar refractivity (Wildman–Crippen MR) is 146 cm³/mol. The minimum absolute atomic E-state index is 0.00301. The van der Waals surface area contributed by atoms with Gasteiger partial charge in [0.2, 0.25) is 0 Å². The lowest BCUT2D eigenvalue weighted by Gasteiger charge is -2.11. The van der Waals surface area contributed by atoms with E-state index in [1.165, 1.54) is 23.1 Å². The Morgan fingerprint density at radius 1 is 0.838 bits per heavy atom. The summed E-state index contributed by atoms with van der Waals surface area (Å²) in [4.78, 5) is 19.8. The summed E-state index contributed by atoms with van der Waals surface area (Å²) in [5.74, 6) is 0.315. The summed E-state index contributed by atoms with van der Waals surface area (Å²) in [5.41, 5.74) is 3.28. The number of aromatic carboxylic acids is 1. The molecule has 0 atom stereocenters. The first-order valence-corrected chi connectivity index (χ1v) is 12.7. The van der Waals surface area contributed by atoms with Crippen LogP contribution in [0.15, 0.2) is 96.6 Å². The third-order valence-corrected chi connectivity index (χ3v) is 6.08. The van der Waals surface area contributed by atoms with Gasteiger partial charge in [-0.3, -0.25) is 0 Å². The van der Waals surface area contributed by atoms with Gasteiger partial charge in [-0.05, 0) is 68.4 Å². The molecular formula is C29H27N3O4S. The fourth-order valence-corrected chi connectivity index (χ4v) is 4.32. The van der Waals surface area contributed by atoms with Crippen molar-refractivity contribution in [1.82, 2.24) is 14.5 Å². The van der Waals surface area contributed by atoms with Crippen molar-refractivity contribution in [1.29, 1.82) is 0 Å². The molecule has 0 amide bonds. The minimum atomic E-state index is -1.06. The van der Waals surface area contributed by atoms with E-state index >= 15 is 0 Å². The number of hydrogen-bond acceptors (Lipinski definition) is 6. The van der Waals surface area contributed by atoms with Gasteiger partial charge in [0.1, 0.15) is 16.4 Å². The van der Waals surface area contributed by atoms with E-state index in [2.05, 4.69) is 26.7 Å². The van der Waals surface area contributed by atoms with E-state index in [1.807, 2.05) is 80.2 Å². The molecular weight excluding hydrogens is 486 g/mol. The summed E-state index contributed by atoms with van der Waals surface area (Å²) >= 11 is 1.46. The Hall–Kier alpha value is -4.43. The van der Waals surface area contributed by atoms with E-state index in [0.717, 1.165) is 10.6 Å². The highest BCUT2D eigenvalue weighted by Crippen LogP contribution is 2.35. The molecule has 1 N–H and O–H groups in total. The maximum atomic E-state index is 11.1. The molecule has 0 saturated carbocycles. The van der Waals surface area contributed by atoms with Crippen molar-refractivity contribution in [3.63, 3.8) is 0 Å². The number of pyridine rings is 1. The topological polar surface area (TPSA) is 86.5 Å². The van der Waals surface area contributed by atoms with Gasteiger partial charge in [0.25, 0.3) is 0 Å². The van der Waals surface area contributed by atoms with Crippen LogP contribution < -0.4 is 9.47 Å². The van der Waals surface area contributed by atoms with Crippen molar-refractivity contribution in [2.24, 2.45) is 0 Å². The first-order valence-electron chi connectivity index (χ1n) is 11.8. The van der Waals surface area contributed by atoms with E-state index in [-0.39, 0.29) is 5.69 Å². The molecule has 0 aliphatic heterocycles. The van der Waals surface area contributed by atoms with Gasteiger partial charge in [0.15, 0.2) is 11.5 Å². The van der Waals surface area contributed by atoms with Crippen LogP contribution in [0.1, 0.15) is 24.3 Å². The Balaban J connectivity index is 0.000000241. The SMILES string of the molecule is CCOc1ccc(-c2nc(-c3cccc(C(=O)O)n3)cs2)cc1OCC.c1ccc(-n2cccc2)cc1. The van der Waals surface area contributed by atoms with Crippen LogP contribution in [0, 0.1) is 0 Å². The van der Waals surface area contributed by atoms with Gasteiger partial charge in [-0.1, -0.05) is 24.3 Å². The number of rotatable bonds is 8. The average Bonchev–Trinajstić information content (AvgIpc) is 3.64. The second-order valence-electron chi connectivity index (χ2n) is 7.70. The van der Waals surface area contributed by atoms with E-state index < -0.39 is 5.97 Å². The fourth-order valence-electron chi connectivity index (χ4n) is 3.51. The number of carbonyl (C=O) groups is 1. The van der Waals surface area contributed by atoms with Crippen molar-refractivity contribution in [2.75, 3.05) is 13.2 Å². The highest BCUT2D eigenvalue weighted by atomic mass is 32.1. The third kappa shape index (κ3) is 6.62. The van der Waals surface area contributed by atoms with Crippen molar-refractivity contribution >= 4 is 17.3 Å². The number of benzene rings is 2. The Kier molecular flexibility index (Phi) is 8.67. The van der Waals surface area contributed by atoms with E-state index in [4.69, 9.17) is 14.6 Å². The standard InChI is InChI=1S/C19H18N2O4S.C10H9N/c1-3-24-16-9-8-12(10-17(16)25-4-2)18-21-15(11-26-18)13-6-5-7-14(20-13)19(22)23;1-2-6-10(7-3-1)11-8-4-5-9-11/h5-11H,3-4H2,1-2H3,(H,22,23);1-9H. The molecule has 3 heterocycles. The second-order valence-corrected chi connectivity index (χ2v) is 8.56. The fraction of sp³-hybridized carbons (Fsp3) is 0.138. The molecule has 188 valence electrons. The zero-order chi connectivity index (χ0) is 26.0. The highest BCUT2D eigenvalue weighted by molar-refractivity contribution is 7.13. The van der Waals surface area contributed by atoms with Crippen LogP contribution in [-0.2, 0) is 0 Å². The van der Waals surface area contributed by atoms with Crippen molar-refractivity contribution in [3.8, 4) is 39.1 Å². The Bertz CT molecular complexity index is 1430. The van der Waals surface area contributed by atoms with Crippen molar-refractivity contribution in [2.45, 2.75) is 13.8 Å². The molecule has 0 spiro atoms.